The van der Waals surface area contributed by atoms with Gasteiger partial charge in [-0.05, 0) is 43.0 Å². The number of hydrogen-bond donors (Lipinski definition) is 1. The fraction of sp³-hybridized carbons (Fsp3) is 0.571. The first-order chi connectivity index (χ1) is 8.40. The summed E-state index contributed by atoms with van der Waals surface area (Å²) in [7, 11) is -3.36. The van der Waals surface area contributed by atoms with E-state index >= 15 is 0 Å². The molecule has 1 N–H and O–H groups in total. The van der Waals surface area contributed by atoms with Gasteiger partial charge >= 0.3 is 0 Å². The predicted octanol–water partition coefficient (Wildman–Crippen LogP) is 3.02. The lowest BCUT2D eigenvalue weighted by Crippen LogP contribution is -2.29. The fourth-order valence-corrected chi connectivity index (χ4v) is 2.97. The van der Waals surface area contributed by atoms with Gasteiger partial charge in [0.15, 0.2) is 0 Å². The smallest absolute Gasteiger partial charge is 0.211 e. The van der Waals surface area contributed by atoms with Crippen molar-refractivity contribution in [2.24, 2.45) is 5.92 Å². The van der Waals surface area contributed by atoms with Crippen LogP contribution in [0.2, 0.25) is 0 Å². The van der Waals surface area contributed by atoms with Crippen molar-refractivity contribution in [3.8, 4) is 0 Å². The number of aryl methyl sites for hydroxylation is 2. The highest BCUT2D eigenvalue weighted by molar-refractivity contribution is 7.89. The van der Waals surface area contributed by atoms with Gasteiger partial charge in [-0.15, -0.1) is 0 Å². The van der Waals surface area contributed by atoms with Crippen LogP contribution in [0.4, 0.5) is 0 Å². The van der Waals surface area contributed by atoms with E-state index in [-0.39, 0.29) is 0 Å². The van der Waals surface area contributed by atoms with Crippen molar-refractivity contribution in [1.29, 1.82) is 0 Å². The van der Waals surface area contributed by atoms with Gasteiger partial charge in [0.2, 0.25) is 10.0 Å². The van der Waals surface area contributed by atoms with E-state index in [1.807, 2.05) is 19.9 Å². The molecule has 0 amide bonds. The summed E-state index contributed by atoms with van der Waals surface area (Å²) >= 11 is 0. The minimum atomic E-state index is -3.36. The van der Waals surface area contributed by atoms with E-state index in [2.05, 4.69) is 18.6 Å². The largest absolute Gasteiger partial charge is 0.240 e. The Balaban J connectivity index is 2.83. The van der Waals surface area contributed by atoms with Gasteiger partial charge in [-0.2, -0.15) is 0 Å². The van der Waals surface area contributed by atoms with Gasteiger partial charge in [-0.25, -0.2) is 13.1 Å². The number of nitrogens with one attached hydrogen (secondary N) is 1. The van der Waals surface area contributed by atoms with Gasteiger partial charge in [-0.1, -0.05) is 32.8 Å². The molecule has 102 valence electrons. The second-order valence-electron chi connectivity index (χ2n) is 4.78. The molecule has 0 aliphatic carbocycles. The van der Waals surface area contributed by atoms with E-state index in [0.29, 0.717) is 17.4 Å². The van der Waals surface area contributed by atoms with Crippen molar-refractivity contribution in [3.05, 3.63) is 29.3 Å². The Bertz CT molecular complexity index is 491. The van der Waals surface area contributed by atoms with Crippen molar-refractivity contribution in [2.45, 2.75) is 45.4 Å². The molecule has 0 heterocycles. The summed E-state index contributed by atoms with van der Waals surface area (Å²) < 4.78 is 26.9. The molecule has 0 radical (unpaired) electrons. The average molecular weight is 269 g/mol. The maximum absolute atomic E-state index is 12.1. The lowest BCUT2D eigenvalue weighted by molar-refractivity contribution is 0.479. The van der Waals surface area contributed by atoms with Gasteiger partial charge in [0.25, 0.3) is 0 Å². The van der Waals surface area contributed by atoms with Crippen LogP contribution >= 0.6 is 0 Å². The summed E-state index contributed by atoms with van der Waals surface area (Å²) in [6.07, 6.45) is 1.98. The molecule has 1 aromatic carbocycles. The van der Waals surface area contributed by atoms with Crippen molar-refractivity contribution in [3.63, 3.8) is 0 Å². The maximum Gasteiger partial charge on any atom is 0.240 e. The van der Waals surface area contributed by atoms with Crippen LogP contribution in [0.3, 0.4) is 0 Å². The Kier molecular flexibility index (Phi) is 5.35. The molecule has 3 nitrogen and oxygen atoms in total. The molecule has 0 saturated heterocycles. The molecule has 0 unspecified atom stereocenters. The SMILES string of the molecule is CCC(CC)CNS(=O)(=O)c1ccc(C)c(C)c1. The maximum atomic E-state index is 12.1. The summed E-state index contributed by atoms with van der Waals surface area (Å²) in [5.41, 5.74) is 2.11. The summed E-state index contributed by atoms with van der Waals surface area (Å²) in [6.45, 7) is 8.58. The third-order valence-corrected chi connectivity index (χ3v) is 4.93. The van der Waals surface area contributed by atoms with E-state index < -0.39 is 10.0 Å². The minimum Gasteiger partial charge on any atom is -0.211 e. The topological polar surface area (TPSA) is 46.2 Å². The van der Waals surface area contributed by atoms with Crippen LogP contribution < -0.4 is 4.72 Å². The molecule has 0 aliphatic heterocycles. The first kappa shape index (κ1) is 15.2. The van der Waals surface area contributed by atoms with E-state index in [1.165, 1.54) is 0 Å². The van der Waals surface area contributed by atoms with E-state index in [4.69, 9.17) is 0 Å². The average Bonchev–Trinajstić information content (AvgIpc) is 2.33. The van der Waals surface area contributed by atoms with Crippen molar-refractivity contribution < 1.29 is 8.42 Å². The normalized spacial score (nSPS) is 12.1. The number of benzene rings is 1. The van der Waals surface area contributed by atoms with Gasteiger partial charge in [0.1, 0.15) is 0 Å². The lowest BCUT2D eigenvalue weighted by atomic mass is 10.0. The van der Waals surface area contributed by atoms with Gasteiger partial charge in [-0.3, -0.25) is 0 Å². The zero-order chi connectivity index (χ0) is 13.8. The fourth-order valence-electron chi connectivity index (χ4n) is 1.77. The quantitative estimate of drug-likeness (QED) is 0.863. The van der Waals surface area contributed by atoms with Crippen LogP contribution in [0.5, 0.6) is 0 Å². The third-order valence-electron chi connectivity index (χ3n) is 3.51. The van der Waals surface area contributed by atoms with Gasteiger partial charge in [0.05, 0.1) is 4.90 Å². The number of hydrogen-bond acceptors (Lipinski definition) is 2. The summed E-state index contributed by atoms with van der Waals surface area (Å²) in [6, 6.07) is 5.24. The molecule has 0 atom stereocenters. The van der Waals surface area contributed by atoms with E-state index in [1.54, 1.807) is 12.1 Å². The highest BCUT2D eigenvalue weighted by Gasteiger charge is 2.15. The monoisotopic (exact) mass is 269 g/mol. The minimum absolute atomic E-state index is 0.358. The lowest BCUT2D eigenvalue weighted by Gasteiger charge is -2.14. The third kappa shape index (κ3) is 3.82. The molecule has 0 saturated carbocycles. The van der Waals surface area contributed by atoms with Crippen LogP contribution in [-0.2, 0) is 10.0 Å². The molecule has 18 heavy (non-hydrogen) atoms. The Labute approximate surface area is 111 Å². The highest BCUT2D eigenvalue weighted by atomic mass is 32.2. The molecule has 0 bridgehead atoms. The van der Waals surface area contributed by atoms with Gasteiger partial charge < -0.3 is 0 Å². The Morgan fingerprint density at radius 3 is 2.22 bits per heavy atom. The highest BCUT2D eigenvalue weighted by Crippen LogP contribution is 2.15. The molecular weight excluding hydrogens is 246 g/mol. The molecule has 1 aromatic rings. The Hall–Kier alpha value is -0.870. The van der Waals surface area contributed by atoms with Crippen LogP contribution in [-0.4, -0.2) is 15.0 Å². The summed E-state index contributed by atoms with van der Waals surface area (Å²) in [5.74, 6) is 0.409. The Morgan fingerprint density at radius 1 is 1.11 bits per heavy atom. The molecule has 0 aromatic heterocycles. The molecule has 1 rings (SSSR count). The zero-order valence-electron chi connectivity index (χ0n) is 11.7. The van der Waals surface area contributed by atoms with Crippen LogP contribution in [0.1, 0.15) is 37.8 Å². The van der Waals surface area contributed by atoms with Crippen molar-refractivity contribution in [1.82, 2.24) is 4.72 Å². The first-order valence-electron chi connectivity index (χ1n) is 6.47. The summed E-state index contributed by atoms with van der Waals surface area (Å²) in [5, 5.41) is 0. The van der Waals surface area contributed by atoms with Crippen LogP contribution in [0, 0.1) is 19.8 Å². The number of sulfonamides is 1. The first-order valence-corrected chi connectivity index (χ1v) is 7.96. The second kappa shape index (κ2) is 6.34. The number of rotatable bonds is 6. The van der Waals surface area contributed by atoms with Crippen molar-refractivity contribution in [2.75, 3.05) is 6.54 Å². The molecule has 0 spiro atoms. The summed E-state index contributed by atoms with van der Waals surface area (Å²) in [4.78, 5) is 0.358. The predicted molar refractivity (Wildman–Crippen MR) is 75.2 cm³/mol. The van der Waals surface area contributed by atoms with Crippen LogP contribution in [0.25, 0.3) is 0 Å². The van der Waals surface area contributed by atoms with E-state index in [9.17, 15) is 8.42 Å². The van der Waals surface area contributed by atoms with E-state index in [0.717, 1.165) is 24.0 Å². The molecule has 4 heteroatoms. The standard InChI is InChI=1S/C14H23NO2S/c1-5-13(6-2)10-15-18(16,17)14-8-7-11(3)12(4)9-14/h7-9,13,15H,5-6,10H2,1-4H3. The van der Waals surface area contributed by atoms with Gasteiger partial charge in [0, 0.05) is 6.54 Å². The second-order valence-corrected chi connectivity index (χ2v) is 6.55. The molecule has 0 aliphatic rings. The zero-order valence-corrected chi connectivity index (χ0v) is 12.5. The van der Waals surface area contributed by atoms with Crippen LogP contribution in [0.15, 0.2) is 23.1 Å². The van der Waals surface area contributed by atoms with Crippen molar-refractivity contribution >= 4 is 10.0 Å². The molecule has 0 fully saturated rings. The Morgan fingerprint density at radius 2 is 1.72 bits per heavy atom. The molecular formula is C14H23NO2S.